The van der Waals surface area contributed by atoms with Crippen molar-refractivity contribution in [2.45, 2.75) is 0 Å². The van der Waals surface area contributed by atoms with Crippen LogP contribution in [0.5, 0.6) is 0 Å². The fourth-order valence-corrected chi connectivity index (χ4v) is 13.7. The van der Waals surface area contributed by atoms with E-state index >= 15 is 0 Å². The third-order valence-electron chi connectivity index (χ3n) is 21.7. The van der Waals surface area contributed by atoms with E-state index in [1.165, 1.54) is 0 Å². The molecule has 0 nitrogen and oxygen atoms in total. The van der Waals surface area contributed by atoms with Crippen molar-refractivity contribution in [2.75, 3.05) is 0 Å². The summed E-state index contributed by atoms with van der Waals surface area (Å²) in [6, 6.07) is 148. The molecule has 0 aromatic heterocycles. The quantitative estimate of drug-likeness (QED) is 0.133. The van der Waals surface area contributed by atoms with E-state index in [4.69, 9.17) is 0 Å². The van der Waals surface area contributed by atoms with E-state index in [0.29, 0.717) is 0 Å². The van der Waals surface area contributed by atoms with Crippen LogP contribution in [0.25, 0.3) is 0 Å². The Morgan fingerprint density at radius 3 is 0.141 bits per heavy atom. The number of rotatable bonds is 0. The van der Waals surface area contributed by atoms with Gasteiger partial charge in [0.2, 0.25) is 0 Å². The molecule has 0 atom stereocenters. The molecule has 642 valence electrons. The van der Waals surface area contributed by atoms with E-state index in [0.717, 1.165) is 189 Å². The first-order valence-electron chi connectivity index (χ1n) is 45.7. The maximum atomic E-state index is 3.28. The molecule has 0 heterocycles. The van der Waals surface area contributed by atoms with Crippen molar-refractivity contribution in [1.29, 1.82) is 0 Å². The Hall–Kier alpha value is -21.5. The van der Waals surface area contributed by atoms with Crippen molar-refractivity contribution >= 4 is 0 Å². The Labute approximate surface area is 833 Å². The van der Waals surface area contributed by atoms with Crippen LogP contribution in [0, 0.1) is 201 Å². The molecule has 0 unspecified atom stereocenters. The summed E-state index contributed by atoms with van der Waals surface area (Å²) >= 11 is 0. The van der Waals surface area contributed by atoms with Gasteiger partial charge in [0, 0.05) is 189 Å². The van der Waals surface area contributed by atoms with Crippen molar-refractivity contribution in [1.82, 2.24) is 0 Å². The highest BCUT2D eigenvalue weighted by atomic mass is 14.1. The Morgan fingerprint density at radius 2 is 0.0915 bits per heavy atom. The van der Waals surface area contributed by atoms with Gasteiger partial charge in [0.25, 0.3) is 0 Å². The zero-order chi connectivity index (χ0) is 96.0. The van der Waals surface area contributed by atoms with E-state index in [1.54, 1.807) is 0 Å². The third-order valence-corrected chi connectivity index (χ3v) is 21.7. The van der Waals surface area contributed by atoms with Gasteiger partial charge in [-0.05, 0) is 413 Å². The molecule has 18 aromatic rings. The van der Waals surface area contributed by atoms with Gasteiger partial charge >= 0.3 is 0 Å². The molecule has 0 aliphatic rings. The zero-order valence-electron chi connectivity index (χ0n) is 76.7. The van der Waals surface area contributed by atoms with Crippen LogP contribution in [-0.4, -0.2) is 0 Å². The molecule has 0 heteroatoms. The largest absolute Gasteiger partial charge is 0.0622 e. The Bertz CT molecular complexity index is 8060. The average Bonchev–Trinajstić information content (AvgIpc) is 0.884. The molecule has 142 heavy (non-hydrogen) atoms. The third kappa shape index (κ3) is 28.5. The molecule has 18 rings (SSSR count). The Balaban J connectivity index is 0.383. The van der Waals surface area contributed by atoms with E-state index in [-0.39, 0.29) is 0 Å². The van der Waals surface area contributed by atoms with Crippen LogP contribution in [0.15, 0.2) is 449 Å². The topological polar surface area (TPSA) is 0 Å². The Kier molecular flexibility index (Phi) is 30.3. The maximum absolute atomic E-state index is 3.28. The van der Waals surface area contributed by atoms with Gasteiger partial charge in [-0.3, -0.25) is 0 Å². The van der Waals surface area contributed by atoms with Crippen molar-refractivity contribution in [3.8, 4) is 201 Å². The second-order valence-electron chi connectivity index (χ2n) is 32.2. The molecule has 0 aliphatic heterocycles. The molecule has 0 saturated heterocycles. The molecule has 0 aliphatic carbocycles. The molecule has 0 bridgehead atoms. The summed E-state index contributed by atoms with van der Waals surface area (Å²) in [5.74, 6) is 111. The minimum absolute atomic E-state index is 0.900. The standard InChI is InChI=1S/C142H74/c1-3-7-109(8-4-1)11-13-111-15-19-113(20-16-111)23-25-115-27-31-117(32-28-115)35-37-119-39-43-121(44-40-119)47-49-123-51-55-125(56-52-123)59-61-127-63-67-129(68-64-127)71-73-131-75-79-133(80-76-131)83-85-135-87-91-137(92-88-135)95-97-139-99-103-141(104-100-139)107-108-142-105-101-140(102-106-142)98-96-138-93-89-136(90-94-138)86-84-134-81-77-132(78-82-134)74-72-130-69-65-128(66-70-130)62-60-126-57-53-124(54-58-126)50-48-122-45-41-120(42-46-122)38-36-118-33-29-116(30-34-118)26-24-114-21-17-112(18-22-114)14-12-110-9-5-2-6-10-110/h1-10,15-22,27-34,39-46,51-58,63-70,75-82,87-94,99-106H. The SMILES string of the molecule is C(#Cc1ccc(C#Cc2ccc(C#Cc3ccc(C#Cc4ccc(C#Cc5ccc(C#Cc6ccc(C#Cc7ccc(C#Cc8ccc(C#Cc9ccc(C#Cc%10ccc(C#Cc%11ccc(C#Cc%12ccc(C#Cc%13ccc(C#Cc%14ccc(C#Cc%15ccc(C#Cc%16ccc(C#Cc%17ccccc%17)cc%16)cc%15)cc%14)cc%13)cc%12)cc%11)cc%10)cc9)cc8)cc7)cc6)cc5)cc4)cc3)cc2)cc1)c1ccccc1. The van der Waals surface area contributed by atoms with Gasteiger partial charge in [-0.25, -0.2) is 0 Å². The molecular formula is C142H74. The summed E-state index contributed by atoms with van der Waals surface area (Å²) in [6.45, 7) is 0. The van der Waals surface area contributed by atoms with E-state index in [2.05, 4.69) is 201 Å². The normalized spacial score (nSPS) is 9.44. The average molecular weight is 1780 g/mol. The lowest BCUT2D eigenvalue weighted by molar-refractivity contribution is 1.56. The summed E-state index contributed by atoms with van der Waals surface area (Å²) in [7, 11) is 0. The van der Waals surface area contributed by atoms with Crippen LogP contribution < -0.4 is 0 Å². The maximum Gasteiger partial charge on any atom is 0.0249 e. The molecule has 18 aromatic carbocycles. The molecule has 0 N–H and O–H groups in total. The minimum Gasteiger partial charge on any atom is -0.0622 e. The van der Waals surface area contributed by atoms with Crippen LogP contribution in [-0.2, 0) is 0 Å². The zero-order valence-corrected chi connectivity index (χ0v) is 76.7. The monoisotopic (exact) mass is 1780 g/mol. The molecular weight excluding hydrogens is 1710 g/mol. The van der Waals surface area contributed by atoms with Gasteiger partial charge in [0.15, 0.2) is 0 Å². The van der Waals surface area contributed by atoms with Crippen LogP contribution >= 0.6 is 0 Å². The smallest absolute Gasteiger partial charge is 0.0249 e. The summed E-state index contributed by atoms with van der Waals surface area (Å²) in [6.07, 6.45) is 0. The lowest BCUT2D eigenvalue weighted by Crippen LogP contribution is -1.82. The first-order valence-corrected chi connectivity index (χ1v) is 45.7. The summed E-state index contributed by atoms with van der Waals surface area (Å²) in [4.78, 5) is 0. The van der Waals surface area contributed by atoms with Crippen LogP contribution in [0.1, 0.15) is 189 Å². The highest BCUT2D eigenvalue weighted by molar-refractivity contribution is 5.62. The Morgan fingerprint density at radius 1 is 0.0493 bits per heavy atom. The van der Waals surface area contributed by atoms with E-state index in [1.807, 2.05) is 449 Å². The number of hydrogen-bond acceptors (Lipinski definition) is 0. The molecule has 0 spiro atoms. The van der Waals surface area contributed by atoms with Gasteiger partial charge in [-0.2, -0.15) is 0 Å². The minimum atomic E-state index is 0.900. The first kappa shape index (κ1) is 91.0. The van der Waals surface area contributed by atoms with Crippen molar-refractivity contribution < 1.29 is 0 Å². The van der Waals surface area contributed by atoms with Crippen LogP contribution in [0.2, 0.25) is 0 Å². The number of benzene rings is 18. The molecule has 0 fully saturated rings. The highest BCUT2D eigenvalue weighted by Crippen LogP contribution is 2.18. The lowest BCUT2D eigenvalue weighted by atomic mass is 10.1. The summed E-state index contributed by atoms with van der Waals surface area (Å²) < 4.78 is 0. The van der Waals surface area contributed by atoms with E-state index < -0.39 is 0 Å². The summed E-state index contributed by atoms with van der Waals surface area (Å²) in [5.41, 5.74) is 31.1. The molecule has 0 radical (unpaired) electrons. The first-order chi connectivity index (χ1) is 70.1. The van der Waals surface area contributed by atoms with Gasteiger partial charge in [-0.1, -0.05) is 238 Å². The second kappa shape index (κ2) is 47.2. The fraction of sp³-hybridized carbons (Fsp3) is 0. The molecule has 0 saturated carbocycles. The lowest BCUT2D eigenvalue weighted by Gasteiger charge is -1.95. The van der Waals surface area contributed by atoms with Crippen molar-refractivity contribution in [3.05, 3.63) is 638 Å². The van der Waals surface area contributed by atoms with Gasteiger partial charge in [-0.15, -0.1) is 0 Å². The fourth-order valence-electron chi connectivity index (χ4n) is 13.7. The number of hydrogen-bond donors (Lipinski definition) is 0. The predicted octanol–water partition coefficient (Wildman–Crippen LogP) is 25.5. The van der Waals surface area contributed by atoms with Crippen molar-refractivity contribution in [3.63, 3.8) is 0 Å². The summed E-state index contributed by atoms with van der Waals surface area (Å²) in [5, 5.41) is 0. The van der Waals surface area contributed by atoms with Gasteiger partial charge in [0.05, 0.1) is 0 Å². The predicted molar refractivity (Wildman–Crippen MR) is 578 cm³/mol. The van der Waals surface area contributed by atoms with Crippen molar-refractivity contribution in [2.24, 2.45) is 0 Å². The second-order valence-corrected chi connectivity index (χ2v) is 32.2. The molecule has 0 amide bonds. The van der Waals surface area contributed by atoms with Gasteiger partial charge < -0.3 is 0 Å². The van der Waals surface area contributed by atoms with Gasteiger partial charge in [0.1, 0.15) is 0 Å². The highest BCUT2D eigenvalue weighted by Gasteiger charge is 2.04. The van der Waals surface area contributed by atoms with E-state index in [9.17, 15) is 0 Å². The van der Waals surface area contributed by atoms with Crippen LogP contribution in [0.3, 0.4) is 0 Å². The van der Waals surface area contributed by atoms with Crippen LogP contribution in [0.4, 0.5) is 0 Å².